The molecule has 3 unspecified atom stereocenters. The molecule has 5 heteroatoms. The van der Waals surface area contributed by atoms with Gasteiger partial charge in [-0.2, -0.15) is 5.26 Å². The Morgan fingerprint density at radius 1 is 1.47 bits per heavy atom. The summed E-state index contributed by atoms with van der Waals surface area (Å²) >= 11 is 1.25. The molecule has 0 amide bonds. The minimum atomic E-state index is -3.34. The minimum absolute atomic E-state index is 0.347. The number of rotatable bonds is 4. The summed E-state index contributed by atoms with van der Waals surface area (Å²) in [5.74, 6) is 0.106. The van der Waals surface area contributed by atoms with E-state index in [9.17, 15) is 13.7 Å². The predicted octanol–water partition coefficient (Wildman–Crippen LogP) is 3.63. The van der Waals surface area contributed by atoms with E-state index in [1.54, 1.807) is 17.5 Å². The van der Waals surface area contributed by atoms with Crippen molar-refractivity contribution < 1.29 is 8.42 Å². The molecule has 1 saturated carbocycles. The van der Waals surface area contributed by atoms with E-state index in [1.165, 1.54) is 11.3 Å². The Morgan fingerprint density at radius 2 is 2.26 bits per heavy atom. The lowest BCUT2D eigenvalue weighted by Crippen LogP contribution is -2.35. The average Bonchev–Trinajstić information content (AvgIpc) is 2.93. The fourth-order valence-electron chi connectivity index (χ4n) is 2.95. The van der Waals surface area contributed by atoms with E-state index in [0.717, 1.165) is 25.7 Å². The number of sulfone groups is 1. The van der Waals surface area contributed by atoms with Gasteiger partial charge < -0.3 is 0 Å². The molecule has 0 saturated heterocycles. The first kappa shape index (κ1) is 14.5. The van der Waals surface area contributed by atoms with Gasteiger partial charge in [0.2, 0.25) is 0 Å². The van der Waals surface area contributed by atoms with Gasteiger partial charge in [0.15, 0.2) is 9.84 Å². The summed E-state index contributed by atoms with van der Waals surface area (Å²) < 4.78 is 25.7. The molecular weight excluding hydrogens is 278 g/mol. The van der Waals surface area contributed by atoms with Gasteiger partial charge in [-0.3, -0.25) is 0 Å². The summed E-state index contributed by atoms with van der Waals surface area (Å²) in [5.41, 5.74) is 0. The third-order valence-corrected chi connectivity index (χ3v) is 7.60. The first-order valence-corrected chi connectivity index (χ1v) is 9.19. The number of nitriles is 1. The predicted molar refractivity (Wildman–Crippen MR) is 76.6 cm³/mol. The van der Waals surface area contributed by atoms with Crippen LogP contribution in [0.25, 0.3) is 0 Å². The second kappa shape index (κ2) is 6.06. The van der Waals surface area contributed by atoms with Crippen LogP contribution in [0.4, 0.5) is 0 Å². The summed E-state index contributed by atoms with van der Waals surface area (Å²) in [7, 11) is -3.34. The van der Waals surface area contributed by atoms with Crippen molar-refractivity contribution in [2.45, 2.75) is 48.5 Å². The second-order valence-electron chi connectivity index (χ2n) is 5.22. The smallest absolute Gasteiger partial charge is 0.191 e. The topological polar surface area (TPSA) is 57.9 Å². The normalized spacial score (nSPS) is 27.9. The monoisotopic (exact) mass is 297 g/mol. The van der Waals surface area contributed by atoms with Gasteiger partial charge in [0, 0.05) is 0 Å². The quantitative estimate of drug-likeness (QED) is 0.852. The van der Waals surface area contributed by atoms with Crippen LogP contribution in [0, 0.1) is 23.2 Å². The van der Waals surface area contributed by atoms with Crippen LogP contribution in [-0.2, 0) is 9.84 Å². The fourth-order valence-corrected chi connectivity index (χ4v) is 6.19. The Balaban J connectivity index is 2.26. The Kier molecular flexibility index (Phi) is 4.64. The summed E-state index contributed by atoms with van der Waals surface area (Å²) in [6.07, 6.45) is 4.49. The highest BCUT2D eigenvalue weighted by atomic mass is 32.2. The third kappa shape index (κ3) is 3.01. The summed E-state index contributed by atoms with van der Waals surface area (Å²) in [5, 5.41) is 10.5. The average molecular weight is 297 g/mol. The highest BCUT2D eigenvalue weighted by molar-refractivity contribution is 7.94. The molecule has 3 nitrogen and oxygen atoms in total. The van der Waals surface area contributed by atoms with E-state index >= 15 is 0 Å². The van der Waals surface area contributed by atoms with Crippen LogP contribution in [0.5, 0.6) is 0 Å². The van der Waals surface area contributed by atoms with Gasteiger partial charge >= 0.3 is 0 Å². The van der Waals surface area contributed by atoms with E-state index in [1.807, 2.05) is 0 Å². The lowest BCUT2D eigenvalue weighted by molar-refractivity contribution is 0.299. The zero-order valence-corrected chi connectivity index (χ0v) is 12.7. The molecule has 1 heterocycles. The molecule has 19 heavy (non-hydrogen) atoms. The van der Waals surface area contributed by atoms with Crippen molar-refractivity contribution in [2.24, 2.45) is 11.8 Å². The van der Waals surface area contributed by atoms with Crippen LogP contribution in [-0.4, -0.2) is 13.7 Å². The zero-order valence-electron chi connectivity index (χ0n) is 11.1. The van der Waals surface area contributed by atoms with Crippen LogP contribution < -0.4 is 0 Å². The van der Waals surface area contributed by atoms with Gasteiger partial charge in [-0.15, -0.1) is 11.3 Å². The number of hydrogen-bond acceptors (Lipinski definition) is 4. The molecule has 2 rings (SSSR count). The standard InChI is InChI=1S/C14H19NO2S2/c1-2-4-11-6-7-12(10-15)13(9-11)19(16,17)14-5-3-8-18-14/h3,5,8,11-13H,2,4,6-7,9H2,1H3. The summed E-state index contributed by atoms with van der Waals surface area (Å²) in [6.45, 7) is 2.12. The molecular formula is C14H19NO2S2. The van der Waals surface area contributed by atoms with E-state index in [0.29, 0.717) is 16.5 Å². The van der Waals surface area contributed by atoms with Crippen molar-refractivity contribution in [2.75, 3.05) is 0 Å². The van der Waals surface area contributed by atoms with Crippen molar-refractivity contribution in [1.82, 2.24) is 0 Å². The maximum Gasteiger partial charge on any atom is 0.191 e. The van der Waals surface area contributed by atoms with E-state index < -0.39 is 15.1 Å². The summed E-state index contributed by atoms with van der Waals surface area (Å²) in [6, 6.07) is 5.62. The molecule has 1 aliphatic rings. The van der Waals surface area contributed by atoms with Gasteiger partial charge in [-0.1, -0.05) is 25.8 Å². The molecule has 1 fully saturated rings. The Labute approximate surface area is 119 Å². The van der Waals surface area contributed by atoms with Crippen molar-refractivity contribution in [3.63, 3.8) is 0 Å². The van der Waals surface area contributed by atoms with Crippen molar-refractivity contribution in [1.29, 1.82) is 5.26 Å². The van der Waals surface area contributed by atoms with Gasteiger partial charge in [-0.25, -0.2) is 8.42 Å². The second-order valence-corrected chi connectivity index (χ2v) is 8.56. The molecule has 1 aromatic rings. The first-order valence-electron chi connectivity index (χ1n) is 6.76. The Bertz CT molecular complexity index is 543. The molecule has 0 N–H and O–H groups in total. The highest BCUT2D eigenvalue weighted by Gasteiger charge is 2.40. The fraction of sp³-hybridized carbons (Fsp3) is 0.643. The van der Waals surface area contributed by atoms with Gasteiger partial charge in [-0.05, 0) is 36.6 Å². The maximum atomic E-state index is 12.6. The molecule has 0 radical (unpaired) electrons. The molecule has 104 valence electrons. The molecule has 1 aromatic heterocycles. The SMILES string of the molecule is CCCC1CCC(C#N)C(S(=O)(=O)c2cccs2)C1. The molecule has 0 aromatic carbocycles. The van der Waals surface area contributed by atoms with E-state index in [2.05, 4.69) is 13.0 Å². The number of thiophene rings is 1. The van der Waals surface area contributed by atoms with Crippen LogP contribution in [0.15, 0.2) is 21.7 Å². The third-order valence-electron chi connectivity index (χ3n) is 3.94. The van der Waals surface area contributed by atoms with Gasteiger partial charge in [0.05, 0.1) is 17.2 Å². The molecule has 0 bridgehead atoms. The number of nitrogens with zero attached hydrogens (tertiary/aromatic N) is 1. The lowest BCUT2D eigenvalue weighted by Gasteiger charge is -2.31. The van der Waals surface area contributed by atoms with Gasteiger partial charge in [0.1, 0.15) is 4.21 Å². The molecule has 0 aliphatic heterocycles. The van der Waals surface area contributed by atoms with Crippen LogP contribution in [0.1, 0.15) is 39.0 Å². The van der Waals surface area contributed by atoms with Crippen molar-refractivity contribution >= 4 is 21.2 Å². The Morgan fingerprint density at radius 3 is 2.84 bits per heavy atom. The molecule has 1 aliphatic carbocycles. The van der Waals surface area contributed by atoms with Crippen molar-refractivity contribution in [3.8, 4) is 6.07 Å². The molecule has 3 atom stereocenters. The lowest BCUT2D eigenvalue weighted by atomic mass is 9.80. The van der Waals surface area contributed by atoms with Gasteiger partial charge in [0.25, 0.3) is 0 Å². The highest BCUT2D eigenvalue weighted by Crippen LogP contribution is 2.38. The summed E-state index contributed by atoms with van der Waals surface area (Å²) in [4.78, 5) is 0. The largest absolute Gasteiger partial charge is 0.223 e. The maximum absolute atomic E-state index is 12.6. The van der Waals surface area contributed by atoms with Crippen LogP contribution in [0.2, 0.25) is 0 Å². The Hall–Kier alpha value is -0.860. The van der Waals surface area contributed by atoms with Crippen LogP contribution >= 0.6 is 11.3 Å². The molecule has 0 spiro atoms. The van der Waals surface area contributed by atoms with Crippen LogP contribution in [0.3, 0.4) is 0 Å². The zero-order chi connectivity index (χ0) is 13.9. The van der Waals surface area contributed by atoms with Crippen molar-refractivity contribution in [3.05, 3.63) is 17.5 Å². The van der Waals surface area contributed by atoms with E-state index in [-0.39, 0.29) is 5.92 Å². The minimum Gasteiger partial charge on any atom is -0.223 e. The first-order chi connectivity index (χ1) is 9.09. The number of hydrogen-bond donors (Lipinski definition) is 0. The van der Waals surface area contributed by atoms with E-state index in [4.69, 9.17) is 0 Å².